The summed E-state index contributed by atoms with van der Waals surface area (Å²) in [5.41, 5.74) is 0.190. The maximum absolute atomic E-state index is 11.4. The van der Waals surface area contributed by atoms with E-state index in [9.17, 15) is 4.79 Å². The molecule has 1 fully saturated rings. The SMILES string of the molecule is CCOC(=O)c1coc(NCC2CCOC2C)n1. The number of nitrogens with one attached hydrogen (secondary N) is 1. The van der Waals surface area contributed by atoms with Gasteiger partial charge in [-0.1, -0.05) is 0 Å². The highest BCUT2D eigenvalue weighted by Crippen LogP contribution is 2.21. The second-order valence-corrected chi connectivity index (χ2v) is 4.26. The zero-order valence-electron chi connectivity index (χ0n) is 10.6. The number of nitrogens with zero attached hydrogens (tertiary/aromatic N) is 1. The third kappa shape index (κ3) is 3.01. The fraction of sp³-hybridized carbons (Fsp3) is 0.667. The van der Waals surface area contributed by atoms with E-state index >= 15 is 0 Å². The molecule has 2 atom stereocenters. The third-order valence-electron chi connectivity index (χ3n) is 3.04. The summed E-state index contributed by atoms with van der Waals surface area (Å²) in [6, 6.07) is 0.345. The van der Waals surface area contributed by atoms with Gasteiger partial charge in [-0.2, -0.15) is 4.98 Å². The van der Waals surface area contributed by atoms with Crippen LogP contribution in [0.2, 0.25) is 0 Å². The van der Waals surface area contributed by atoms with E-state index in [0.29, 0.717) is 18.5 Å². The molecule has 1 aliphatic rings. The fourth-order valence-corrected chi connectivity index (χ4v) is 1.92. The summed E-state index contributed by atoms with van der Waals surface area (Å²) in [4.78, 5) is 15.4. The number of carbonyl (C=O) groups is 1. The van der Waals surface area contributed by atoms with Crippen molar-refractivity contribution in [3.05, 3.63) is 12.0 Å². The van der Waals surface area contributed by atoms with Crippen LogP contribution in [-0.2, 0) is 9.47 Å². The molecule has 0 saturated carbocycles. The number of oxazole rings is 1. The van der Waals surface area contributed by atoms with E-state index in [4.69, 9.17) is 13.9 Å². The number of esters is 1. The predicted molar refractivity (Wildman–Crippen MR) is 64.5 cm³/mol. The monoisotopic (exact) mass is 254 g/mol. The second-order valence-electron chi connectivity index (χ2n) is 4.26. The molecule has 2 heterocycles. The molecule has 0 radical (unpaired) electrons. The molecule has 2 unspecified atom stereocenters. The lowest BCUT2D eigenvalue weighted by molar-refractivity contribution is 0.0519. The summed E-state index contributed by atoms with van der Waals surface area (Å²) in [5.74, 6) is -0.0187. The van der Waals surface area contributed by atoms with Crippen LogP contribution in [0.4, 0.5) is 6.01 Å². The zero-order valence-corrected chi connectivity index (χ0v) is 10.6. The van der Waals surface area contributed by atoms with Crippen LogP contribution < -0.4 is 5.32 Å². The van der Waals surface area contributed by atoms with E-state index in [2.05, 4.69) is 17.2 Å². The van der Waals surface area contributed by atoms with E-state index in [0.717, 1.165) is 19.6 Å². The van der Waals surface area contributed by atoms with Crippen LogP contribution in [0.15, 0.2) is 10.7 Å². The highest BCUT2D eigenvalue weighted by atomic mass is 16.5. The zero-order chi connectivity index (χ0) is 13.0. The number of hydrogen-bond donors (Lipinski definition) is 1. The van der Waals surface area contributed by atoms with Crippen LogP contribution >= 0.6 is 0 Å². The van der Waals surface area contributed by atoms with Crippen LogP contribution in [0, 0.1) is 5.92 Å². The number of rotatable bonds is 5. The normalized spacial score (nSPS) is 23.0. The molecular formula is C12H18N2O4. The molecule has 1 saturated heterocycles. The van der Waals surface area contributed by atoms with Crippen molar-refractivity contribution in [3.63, 3.8) is 0 Å². The van der Waals surface area contributed by atoms with E-state index in [-0.39, 0.29) is 11.8 Å². The molecule has 1 aromatic heterocycles. The molecule has 6 heteroatoms. The van der Waals surface area contributed by atoms with E-state index in [1.807, 2.05) is 0 Å². The summed E-state index contributed by atoms with van der Waals surface area (Å²) >= 11 is 0. The van der Waals surface area contributed by atoms with Gasteiger partial charge < -0.3 is 19.2 Å². The van der Waals surface area contributed by atoms with Crippen LogP contribution in [0.5, 0.6) is 0 Å². The minimum Gasteiger partial charge on any atom is -0.461 e. The van der Waals surface area contributed by atoms with Gasteiger partial charge in [-0.15, -0.1) is 0 Å². The van der Waals surface area contributed by atoms with Crippen LogP contribution in [-0.4, -0.2) is 36.8 Å². The topological polar surface area (TPSA) is 73.6 Å². The Morgan fingerprint density at radius 1 is 1.67 bits per heavy atom. The van der Waals surface area contributed by atoms with Gasteiger partial charge >= 0.3 is 5.97 Å². The number of hydrogen-bond acceptors (Lipinski definition) is 6. The van der Waals surface area contributed by atoms with E-state index < -0.39 is 5.97 Å². The lowest BCUT2D eigenvalue weighted by atomic mass is 10.0. The summed E-state index contributed by atoms with van der Waals surface area (Å²) in [6.45, 7) is 5.65. The van der Waals surface area contributed by atoms with Gasteiger partial charge in [0.05, 0.1) is 12.7 Å². The Balaban J connectivity index is 1.85. The van der Waals surface area contributed by atoms with Crippen LogP contribution in [0.1, 0.15) is 30.8 Å². The van der Waals surface area contributed by atoms with E-state index in [1.165, 1.54) is 6.26 Å². The number of aromatic nitrogens is 1. The van der Waals surface area contributed by atoms with Crippen molar-refractivity contribution in [2.24, 2.45) is 5.92 Å². The average molecular weight is 254 g/mol. The van der Waals surface area contributed by atoms with Crippen molar-refractivity contribution >= 4 is 12.0 Å². The molecule has 0 bridgehead atoms. The minimum atomic E-state index is -0.466. The van der Waals surface area contributed by atoms with Gasteiger partial charge in [0.2, 0.25) is 0 Å². The fourth-order valence-electron chi connectivity index (χ4n) is 1.92. The first kappa shape index (κ1) is 12.9. The molecule has 1 aliphatic heterocycles. The van der Waals surface area contributed by atoms with Gasteiger partial charge in [0, 0.05) is 19.1 Å². The summed E-state index contributed by atoms with van der Waals surface area (Å²) < 4.78 is 15.5. The first-order valence-electron chi connectivity index (χ1n) is 6.18. The maximum Gasteiger partial charge on any atom is 0.360 e. The summed E-state index contributed by atoms with van der Waals surface area (Å²) in [5, 5.41) is 3.07. The van der Waals surface area contributed by atoms with Gasteiger partial charge in [-0.05, 0) is 20.3 Å². The van der Waals surface area contributed by atoms with Gasteiger partial charge in [0.25, 0.3) is 6.01 Å². The molecule has 100 valence electrons. The number of ether oxygens (including phenoxy) is 2. The third-order valence-corrected chi connectivity index (χ3v) is 3.04. The molecule has 1 N–H and O–H groups in total. The Bertz CT molecular complexity index is 405. The minimum absolute atomic E-state index is 0.190. The molecular weight excluding hydrogens is 236 g/mol. The van der Waals surface area contributed by atoms with Crippen molar-refractivity contribution in [1.82, 2.24) is 4.98 Å². The molecule has 6 nitrogen and oxygen atoms in total. The van der Waals surface area contributed by atoms with Crippen LogP contribution in [0.3, 0.4) is 0 Å². The lowest BCUT2D eigenvalue weighted by Gasteiger charge is -2.13. The lowest BCUT2D eigenvalue weighted by Crippen LogP contribution is -2.20. The Hall–Kier alpha value is -1.56. The predicted octanol–water partition coefficient (Wildman–Crippen LogP) is 1.69. The first-order valence-corrected chi connectivity index (χ1v) is 6.18. The van der Waals surface area contributed by atoms with Crippen LogP contribution in [0.25, 0.3) is 0 Å². The van der Waals surface area contributed by atoms with Crippen molar-refractivity contribution < 1.29 is 18.7 Å². The largest absolute Gasteiger partial charge is 0.461 e. The summed E-state index contributed by atoms with van der Waals surface area (Å²) in [6.07, 6.45) is 2.58. The van der Waals surface area contributed by atoms with Crippen molar-refractivity contribution in [2.45, 2.75) is 26.4 Å². The first-order chi connectivity index (χ1) is 8.70. The quantitative estimate of drug-likeness (QED) is 0.806. The van der Waals surface area contributed by atoms with Gasteiger partial charge in [0.1, 0.15) is 6.26 Å². The van der Waals surface area contributed by atoms with Gasteiger partial charge in [-0.25, -0.2) is 4.79 Å². The van der Waals surface area contributed by atoms with Crippen molar-refractivity contribution in [2.75, 3.05) is 25.1 Å². The highest BCUT2D eigenvalue weighted by Gasteiger charge is 2.24. The molecule has 18 heavy (non-hydrogen) atoms. The molecule has 0 aromatic carbocycles. The number of carbonyl (C=O) groups excluding carboxylic acids is 1. The maximum atomic E-state index is 11.4. The Morgan fingerprint density at radius 2 is 2.50 bits per heavy atom. The van der Waals surface area contributed by atoms with Gasteiger partial charge in [0.15, 0.2) is 5.69 Å². The highest BCUT2D eigenvalue weighted by molar-refractivity contribution is 5.87. The molecule has 0 amide bonds. The molecule has 0 spiro atoms. The molecule has 1 aromatic rings. The molecule has 0 aliphatic carbocycles. The van der Waals surface area contributed by atoms with Gasteiger partial charge in [-0.3, -0.25) is 0 Å². The average Bonchev–Trinajstić information content (AvgIpc) is 2.96. The molecule has 2 rings (SSSR count). The Labute approximate surface area is 106 Å². The van der Waals surface area contributed by atoms with Crippen molar-refractivity contribution in [3.8, 4) is 0 Å². The number of anilines is 1. The summed E-state index contributed by atoms with van der Waals surface area (Å²) in [7, 11) is 0. The van der Waals surface area contributed by atoms with E-state index in [1.54, 1.807) is 6.92 Å². The standard InChI is InChI=1S/C12H18N2O4/c1-3-16-11(15)10-7-18-12(14-10)13-6-9-4-5-17-8(9)2/h7-9H,3-6H2,1-2H3,(H,13,14). The van der Waals surface area contributed by atoms with Crippen molar-refractivity contribution in [1.29, 1.82) is 0 Å². The second kappa shape index (κ2) is 5.86. The Kier molecular flexibility index (Phi) is 4.19. The smallest absolute Gasteiger partial charge is 0.360 e. The Morgan fingerprint density at radius 3 is 3.17 bits per heavy atom.